The van der Waals surface area contributed by atoms with Crippen LogP contribution in [-0.2, 0) is 4.79 Å². The molecule has 1 amide bonds. The molecule has 7 heteroatoms. The van der Waals surface area contributed by atoms with E-state index in [4.69, 9.17) is 9.90 Å². The van der Waals surface area contributed by atoms with Gasteiger partial charge in [-0.05, 0) is 31.2 Å². The number of likely N-dealkylation sites (tertiary alicyclic amines) is 1. The highest BCUT2D eigenvalue weighted by Crippen LogP contribution is 2.31. The summed E-state index contributed by atoms with van der Waals surface area (Å²) in [5, 5.41) is 10.7. The molecule has 6 nitrogen and oxygen atoms in total. The summed E-state index contributed by atoms with van der Waals surface area (Å²) >= 11 is 1.56. The van der Waals surface area contributed by atoms with Gasteiger partial charge in [-0.25, -0.2) is 4.98 Å². The SMILES string of the molecule is Cc1cnc(C2CCCN2C(=O)c2ccsc2)[nH]1.O=CO. The standard InChI is InChI=1S/C13H15N3OS.CH2O2/c1-9-7-14-12(15-9)11-3-2-5-16(11)13(17)10-4-6-18-8-10;2-1-3/h4,6-8,11H,2-3,5H2,1H3,(H,14,15);1H,(H,2,3). The number of hydrogen-bond donors (Lipinski definition) is 2. The van der Waals surface area contributed by atoms with Gasteiger partial charge in [-0.2, -0.15) is 11.3 Å². The normalized spacial score (nSPS) is 17.2. The van der Waals surface area contributed by atoms with Crippen LogP contribution in [-0.4, -0.2) is 38.9 Å². The van der Waals surface area contributed by atoms with E-state index in [1.165, 1.54) is 0 Å². The fourth-order valence-corrected chi connectivity index (χ4v) is 3.08. The third-order valence-electron chi connectivity index (χ3n) is 3.32. The molecule has 1 fully saturated rings. The first-order chi connectivity index (χ1) is 10.2. The molecule has 3 heterocycles. The van der Waals surface area contributed by atoms with Gasteiger partial charge in [0, 0.05) is 23.8 Å². The Bertz CT molecular complexity index is 594. The Hall–Kier alpha value is -2.15. The first-order valence-electron chi connectivity index (χ1n) is 6.60. The second kappa shape index (κ2) is 7.03. The van der Waals surface area contributed by atoms with Gasteiger partial charge < -0.3 is 15.0 Å². The van der Waals surface area contributed by atoms with Crippen molar-refractivity contribution in [3.8, 4) is 0 Å². The highest BCUT2D eigenvalue weighted by atomic mass is 32.1. The minimum absolute atomic E-state index is 0.103. The monoisotopic (exact) mass is 307 g/mol. The maximum Gasteiger partial charge on any atom is 0.290 e. The predicted octanol–water partition coefficient (Wildman–Crippen LogP) is 2.46. The second-order valence-corrected chi connectivity index (χ2v) is 5.51. The van der Waals surface area contributed by atoms with E-state index in [1.54, 1.807) is 11.3 Å². The molecule has 2 N–H and O–H groups in total. The van der Waals surface area contributed by atoms with Crippen LogP contribution in [0.1, 0.15) is 40.8 Å². The number of carbonyl (C=O) groups excluding carboxylic acids is 1. The van der Waals surface area contributed by atoms with Crippen molar-refractivity contribution in [2.75, 3.05) is 6.54 Å². The fraction of sp³-hybridized carbons (Fsp3) is 0.357. The molecule has 0 aliphatic carbocycles. The molecule has 0 spiro atoms. The first kappa shape index (κ1) is 15.2. The third kappa shape index (κ3) is 3.49. The summed E-state index contributed by atoms with van der Waals surface area (Å²) < 4.78 is 0. The van der Waals surface area contributed by atoms with Crippen LogP contribution in [0.4, 0.5) is 0 Å². The largest absolute Gasteiger partial charge is 0.483 e. The van der Waals surface area contributed by atoms with Crippen molar-refractivity contribution in [2.24, 2.45) is 0 Å². The van der Waals surface area contributed by atoms with E-state index >= 15 is 0 Å². The molecule has 3 rings (SSSR count). The lowest BCUT2D eigenvalue weighted by Crippen LogP contribution is -2.30. The smallest absolute Gasteiger partial charge is 0.290 e. The van der Waals surface area contributed by atoms with Gasteiger partial charge in [-0.1, -0.05) is 0 Å². The molecule has 1 aliphatic rings. The summed E-state index contributed by atoms with van der Waals surface area (Å²) in [6.07, 6.45) is 3.85. The lowest BCUT2D eigenvalue weighted by Gasteiger charge is -2.22. The molecule has 112 valence electrons. The number of thiophene rings is 1. The summed E-state index contributed by atoms with van der Waals surface area (Å²) in [4.78, 5) is 30.3. The van der Waals surface area contributed by atoms with Crippen molar-refractivity contribution in [2.45, 2.75) is 25.8 Å². The zero-order valence-corrected chi connectivity index (χ0v) is 12.5. The van der Waals surface area contributed by atoms with Crippen LogP contribution in [0.5, 0.6) is 0 Å². The molecule has 2 aromatic rings. The summed E-state index contributed by atoms with van der Waals surface area (Å²) in [5.41, 5.74) is 1.83. The number of carboxylic acid groups (broad SMARTS) is 1. The van der Waals surface area contributed by atoms with Crippen LogP contribution in [0.25, 0.3) is 0 Å². The van der Waals surface area contributed by atoms with Crippen molar-refractivity contribution < 1.29 is 14.7 Å². The summed E-state index contributed by atoms with van der Waals surface area (Å²) in [6, 6.07) is 1.99. The van der Waals surface area contributed by atoms with Crippen LogP contribution in [0, 0.1) is 6.92 Å². The Morgan fingerprint density at radius 3 is 2.95 bits per heavy atom. The quantitative estimate of drug-likeness (QED) is 0.834. The van der Waals surface area contributed by atoms with Crippen LogP contribution in [0.2, 0.25) is 0 Å². The van der Waals surface area contributed by atoms with Crippen molar-refractivity contribution >= 4 is 23.7 Å². The van der Waals surface area contributed by atoms with Crippen molar-refractivity contribution in [1.29, 1.82) is 0 Å². The highest BCUT2D eigenvalue weighted by molar-refractivity contribution is 7.08. The summed E-state index contributed by atoms with van der Waals surface area (Å²) in [5.74, 6) is 1.03. The number of aryl methyl sites for hydroxylation is 1. The number of amides is 1. The topological polar surface area (TPSA) is 86.3 Å². The van der Waals surface area contributed by atoms with Gasteiger partial charge in [0.2, 0.25) is 0 Å². The van der Waals surface area contributed by atoms with Crippen LogP contribution < -0.4 is 0 Å². The Morgan fingerprint density at radius 2 is 2.38 bits per heavy atom. The lowest BCUT2D eigenvalue weighted by molar-refractivity contribution is -0.122. The molecule has 1 atom stereocenters. The molecule has 0 aromatic carbocycles. The summed E-state index contributed by atoms with van der Waals surface area (Å²) in [6.45, 7) is 2.55. The lowest BCUT2D eigenvalue weighted by atomic mass is 10.2. The summed E-state index contributed by atoms with van der Waals surface area (Å²) in [7, 11) is 0. The van der Waals surface area contributed by atoms with Crippen LogP contribution in [0.3, 0.4) is 0 Å². The van der Waals surface area contributed by atoms with Gasteiger partial charge in [0.15, 0.2) is 0 Å². The number of nitrogens with one attached hydrogen (secondary N) is 1. The number of hydrogen-bond acceptors (Lipinski definition) is 4. The van der Waals surface area contributed by atoms with Gasteiger partial charge in [-0.15, -0.1) is 0 Å². The molecule has 0 radical (unpaired) electrons. The molecule has 1 saturated heterocycles. The second-order valence-electron chi connectivity index (χ2n) is 4.73. The number of rotatable bonds is 2. The van der Waals surface area contributed by atoms with E-state index in [2.05, 4.69) is 9.97 Å². The van der Waals surface area contributed by atoms with Crippen LogP contribution in [0.15, 0.2) is 23.0 Å². The van der Waals surface area contributed by atoms with E-state index in [0.29, 0.717) is 0 Å². The van der Waals surface area contributed by atoms with E-state index in [0.717, 1.165) is 36.5 Å². The first-order valence-corrected chi connectivity index (χ1v) is 7.54. The molecule has 0 saturated carbocycles. The predicted molar refractivity (Wildman–Crippen MR) is 79.3 cm³/mol. The van der Waals surface area contributed by atoms with Crippen molar-refractivity contribution in [3.63, 3.8) is 0 Å². The Balaban J connectivity index is 0.000000497. The average molecular weight is 307 g/mol. The fourth-order valence-electron chi connectivity index (χ4n) is 2.45. The maximum absolute atomic E-state index is 12.4. The third-order valence-corrected chi connectivity index (χ3v) is 4.00. The van der Waals surface area contributed by atoms with Gasteiger partial charge >= 0.3 is 0 Å². The number of aromatic nitrogens is 2. The van der Waals surface area contributed by atoms with E-state index in [9.17, 15) is 4.79 Å². The van der Waals surface area contributed by atoms with Gasteiger partial charge in [0.05, 0.1) is 11.6 Å². The number of imidazole rings is 1. The van der Waals surface area contributed by atoms with Gasteiger partial charge in [-0.3, -0.25) is 9.59 Å². The number of H-pyrrole nitrogens is 1. The Kier molecular flexibility index (Phi) is 5.10. The number of aromatic amines is 1. The molecule has 1 aliphatic heterocycles. The van der Waals surface area contributed by atoms with Crippen molar-refractivity contribution in [3.05, 3.63) is 40.1 Å². The van der Waals surface area contributed by atoms with Crippen molar-refractivity contribution in [1.82, 2.24) is 14.9 Å². The zero-order chi connectivity index (χ0) is 15.2. The van der Waals surface area contributed by atoms with Crippen LogP contribution >= 0.6 is 11.3 Å². The van der Waals surface area contributed by atoms with Gasteiger partial charge in [0.1, 0.15) is 5.82 Å². The highest BCUT2D eigenvalue weighted by Gasteiger charge is 2.32. The maximum atomic E-state index is 12.4. The average Bonchev–Trinajstić information content (AvgIpc) is 3.20. The van der Waals surface area contributed by atoms with E-state index < -0.39 is 0 Å². The van der Waals surface area contributed by atoms with E-state index in [-0.39, 0.29) is 18.4 Å². The molecule has 1 unspecified atom stereocenters. The minimum Gasteiger partial charge on any atom is -0.483 e. The van der Waals surface area contributed by atoms with Gasteiger partial charge in [0.25, 0.3) is 12.4 Å². The molecule has 2 aromatic heterocycles. The van der Waals surface area contributed by atoms with E-state index in [1.807, 2.05) is 34.8 Å². The zero-order valence-electron chi connectivity index (χ0n) is 11.7. The molecule has 21 heavy (non-hydrogen) atoms. The Morgan fingerprint density at radius 1 is 1.62 bits per heavy atom. The number of carbonyl (C=O) groups is 2. The molecular formula is C14H17N3O3S. The minimum atomic E-state index is -0.250. The molecule has 0 bridgehead atoms. The number of nitrogens with zero attached hydrogens (tertiary/aromatic N) is 2. The Labute approximate surface area is 126 Å². The molecular weight excluding hydrogens is 290 g/mol.